The van der Waals surface area contributed by atoms with Crippen LogP contribution < -0.4 is 10.1 Å². The Balaban J connectivity index is 2.64. The first-order valence-electron chi connectivity index (χ1n) is 7.62. The smallest absolute Gasteiger partial charge is 0.135 e. The number of hydrogen-bond donors (Lipinski definition) is 1. The maximum absolute atomic E-state index is 13.8. The van der Waals surface area contributed by atoms with E-state index < -0.39 is 0 Å². The fourth-order valence-corrected chi connectivity index (χ4v) is 1.98. The van der Waals surface area contributed by atoms with Crippen LogP contribution in [0.1, 0.15) is 39.7 Å². The van der Waals surface area contributed by atoms with Gasteiger partial charge in [-0.15, -0.1) is 0 Å². The number of rotatable bonds is 9. The number of hydrogen-bond acceptors (Lipinski definition) is 3. The Kier molecular flexibility index (Phi) is 7.37. The predicted molar refractivity (Wildman–Crippen MR) is 83.2 cm³/mol. The zero-order chi connectivity index (χ0) is 15.8. The fourth-order valence-electron chi connectivity index (χ4n) is 1.98. The molecule has 1 atom stereocenters. The van der Waals surface area contributed by atoms with Crippen molar-refractivity contribution >= 4 is 5.78 Å². The molecule has 0 aromatic heterocycles. The van der Waals surface area contributed by atoms with E-state index in [9.17, 15) is 9.18 Å². The van der Waals surface area contributed by atoms with Gasteiger partial charge in [0, 0.05) is 18.9 Å². The van der Waals surface area contributed by atoms with E-state index in [1.54, 1.807) is 12.1 Å². The molecule has 0 aliphatic heterocycles. The van der Waals surface area contributed by atoms with E-state index in [-0.39, 0.29) is 23.6 Å². The molecular formula is C17H26FNO2. The lowest BCUT2D eigenvalue weighted by Crippen LogP contribution is -2.28. The molecule has 4 heteroatoms. The highest BCUT2D eigenvalue weighted by Gasteiger charge is 2.11. The molecule has 0 saturated carbocycles. The van der Waals surface area contributed by atoms with Crippen LogP contribution in [0.3, 0.4) is 0 Å². The lowest BCUT2D eigenvalue weighted by Gasteiger charge is -2.16. The normalized spacial score (nSPS) is 12.5. The number of halogens is 1. The third-order valence-electron chi connectivity index (χ3n) is 3.32. The van der Waals surface area contributed by atoms with Crippen LogP contribution in [-0.4, -0.2) is 25.0 Å². The SMILES string of the molecule is CCNCC(C)Oc1ccc(F)c(CCC(=O)C(C)C)c1. The van der Waals surface area contributed by atoms with Crippen molar-refractivity contribution in [2.45, 2.75) is 46.6 Å². The van der Waals surface area contributed by atoms with Crippen molar-refractivity contribution in [3.05, 3.63) is 29.6 Å². The molecule has 0 spiro atoms. The number of carbonyl (C=O) groups excluding carboxylic acids is 1. The third kappa shape index (κ3) is 6.25. The van der Waals surface area contributed by atoms with Crippen LogP contribution in [0.4, 0.5) is 4.39 Å². The fraction of sp³-hybridized carbons (Fsp3) is 0.588. The molecule has 0 radical (unpaired) electrons. The van der Waals surface area contributed by atoms with Crippen molar-refractivity contribution in [3.63, 3.8) is 0 Å². The summed E-state index contributed by atoms with van der Waals surface area (Å²) in [6.07, 6.45) is 0.799. The van der Waals surface area contributed by atoms with Crippen LogP contribution in [-0.2, 0) is 11.2 Å². The van der Waals surface area contributed by atoms with Gasteiger partial charge in [0.15, 0.2) is 0 Å². The van der Waals surface area contributed by atoms with Crippen molar-refractivity contribution in [1.82, 2.24) is 5.32 Å². The lowest BCUT2D eigenvalue weighted by molar-refractivity contribution is -0.121. The minimum atomic E-state index is -0.279. The van der Waals surface area contributed by atoms with Crippen LogP contribution in [0.25, 0.3) is 0 Å². The highest BCUT2D eigenvalue weighted by molar-refractivity contribution is 5.80. The quantitative estimate of drug-likeness (QED) is 0.759. The highest BCUT2D eigenvalue weighted by Crippen LogP contribution is 2.20. The largest absolute Gasteiger partial charge is 0.489 e. The Hall–Kier alpha value is -1.42. The molecule has 0 bridgehead atoms. The van der Waals surface area contributed by atoms with Crippen molar-refractivity contribution in [3.8, 4) is 5.75 Å². The third-order valence-corrected chi connectivity index (χ3v) is 3.32. The molecule has 3 nitrogen and oxygen atoms in total. The van der Waals surface area contributed by atoms with Crippen LogP contribution in [0.15, 0.2) is 18.2 Å². The zero-order valence-electron chi connectivity index (χ0n) is 13.4. The zero-order valence-corrected chi connectivity index (χ0v) is 13.4. The van der Waals surface area contributed by atoms with Gasteiger partial charge in [-0.25, -0.2) is 4.39 Å². The van der Waals surface area contributed by atoms with Crippen LogP contribution in [0, 0.1) is 11.7 Å². The molecule has 0 aliphatic rings. The number of nitrogens with one attached hydrogen (secondary N) is 1. The number of ether oxygens (including phenoxy) is 1. The first kappa shape index (κ1) is 17.6. The van der Waals surface area contributed by atoms with Crippen molar-refractivity contribution < 1.29 is 13.9 Å². The predicted octanol–water partition coefficient (Wildman–Crippen LogP) is 3.36. The van der Waals surface area contributed by atoms with E-state index in [1.165, 1.54) is 6.07 Å². The molecule has 0 aliphatic carbocycles. The van der Waals surface area contributed by atoms with Crippen LogP contribution >= 0.6 is 0 Å². The van der Waals surface area contributed by atoms with Gasteiger partial charge in [0.1, 0.15) is 23.5 Å². The van der Waals surface area contributed by atoms with Crippen LogP contribution in [0.2, 0.25) is 0 Å². The van der Waals surface area contributed by atoms with Crippen molar-refractivity contribution in [1.29, 1.82) is 0 Å². The molecule has 1 unspecified atom stereocenters. The van der Waals surface area contributed by atoms with Gasteiger partial charge in [0.25, 0.3) is 0 Å². The molecule has 21 heavy (non-hydrogen) atoms. The summed E-state index contributed by atoms with van der Waals surface area (Å²) in [5, 5.41) is 3.20. The van der Waals surface area contributed by atoms with E-state index in [1.807, 2.05) is 27.7 Å². The summed E-state index contributed by atoms with van der Waals surface area (Å²) in [7, 11) is 0. The van der Waals surface area contributed by atoms with Gasteiger partial charge in [-0.1, -0.05) is 20.8 Å². The molecule has 0 amide bonds. The molecule has 0 saturated heterocycles. The van der Waals surface area contributed by atoms with E-state index >= 15 is 0 Å². The topological polar surface area (TPSA) is 38.3 Å². The molecule has 0 fully saturated rings. The molecule has 1 rings (SSSR count). The Morgan fingerprint density at radius 1 is 1.33 bits per heavy atom. The van der Waals surface area contributed by atoms with Gasteiger partial charge in [0.05, 0.1) is 0 Å². The molecule has 1 aromatic carbocycles. The van der Waals surface area contributed by atoms with E-state index in [0.717, 1.165) is 13.1 Å². The first-order chi connectivity index (χ1) is 9.93. The van der Waals surface area contributed by atoms with Crippen molar-refractivity contribution in [2.75, 3.05) is 13.1 Å². The summed E-state index contributed by atoms with van der Waals surface area (Å²) in [4.78, 5) is 11.6. The van der Waals surface area contributed by atoms with Gasteiger partial charge in [-0.3, -0.25) is 4.79 Å². The van der Waals surface area contributed by atoms with Gasteiger partial charge < -0.3 is 10.1 Å². The second kappa shape index (κ2) is 8.78. The molecule has 1 N–H and O–H groups in total. The average Bonchev–Trinajstić information content (AvgIpc) is 2.45. The molecule has 118 valence electrons. The summed E-state index contributed by atoms with van der Waals surface area (Å²) >= 11 is 0. The molecule has 0 heterocycles. The van der Waals surface area contributed by atoms with E-state index in [0.29, 0.717) is 24.2 Å². The number of aryl methyl sites for hydroxylation is 1. The van der Waals surface area contributed by atoms with Gasteiger partial charge in [-0.05, 0) is 43.7 Å². The van der Waals surface area contributed by atoms with Gasteiger partial charge in [-0.2, -0.15) is 0 Å². The number of likely N-dealkylation sites (N-methyl/N-ethyl adjacent to an activating group) is 1. The van der Waals surface area contributed by atoms with Gasteiger partial charge >= 0.3 is 0 Å². The Labute approximate surface area is 126 Å². The Morgan fingerprint density at radius 2 is 2.05 bits per heavy atom. The maximum atomic E-state index is 13.8. The van der Waals surface area contributed by atoms with Gasteiger partial charge in [0.2, 0.25) is 0 Å². The molecular weight excluding hydrogens is 269 g/mol. The standard InChI is InChI=1S/C17H26FNO2/c1-5-19-11-13(4)21-15-7-8-16(18)14(10-15)6-9-17(20)12(2)3/h7-8,10,12-13,19H,5-6,9,11H2,1-4H3. The van der Waals surface area contributed by atoms with Crippen LogP contribution in [0.5, 0.6) is 5.75 Å². The second-order valence-electron chi connectivity index (χ2n) is 5.61. The van der Waals surface area contributed by atoms with E-state index in [4.69, 9.17) is 4.74 Å². The second-order valence-corrected chi connectivity index (χ2v) is 5.61. The lowest BCUT2D eigenvalue weighted by atomic mass is 10.0. The summed E-state index contributed by atoms with van der Waals surface area (Å²) in [6, 6.07) is 4.74. The number of carbonyl (C=O) groups is 1. The monoisotopic (exact) mass is 295 g/mol. The maximum Gasteiger partial charge on any atom is 0.135 e. The Morgan fingerprint density at radius 3 is 2.67 bits per heavy atom. The Bertz CT molecular complexity index is 460. The number of Topliss-reactive ketones (excluding diaryl/α,β-unsaturated/α-hetero) is 1. The minimum Gasteiger partial charge on any atom is -0.489 e. The van der Waals surface area contributed by atoms with Crippen molar-refractivity contribution in [2.24, 2.45) is 5.92 Å². The molecule has 1 aromatic rings. The average molecular weight is 295 g/mol. The highest BCUT2D eigenvalue weighted by atomic mass is 19.1. The number of ketones is 1. The van der Waals surface area contributed by atoms with E-state index in [2.05, 4.69) is 5.32 Å². The summed E-state index contributed by atoms with van der Waals surface area (Å²) in [5.41, 5.74) is 0.539. The first-order valence-corrected chi connectivity index (χ1v) is 7.62. The minimum absolute atomic E-state index is 0.00682. The number of benzene rings is 1. The summed E-state index contributed by atoms with van der Waals surface area (Å²) in [5.74, 6) is 0.515. The summed E-state index contributed by atoms with van der Waals surface area (Å²) < 4.78 is 19.5. The summed E-state index contributed by atoms with van der Waals surface area (Å²) in [6.45, 7) is 9.36.